The van der Waals surface area contributed by atoms with Gasteiger partial charge in [-0.1, -0.05) is 26.8 Å². The number of hydrogen-bond donors (Lipinski definition) is 0. The molecule has 1 unspecified atom stereocenters. The number of ether oxygens (including phenoxy) is 1. The second-order valence-electron chi connectivity index (χ2n) is 8.55. The van der Waals surface area contributed by atoms with Gasteiger partial charge in [0.2, 0.25) is 0 Å². The molecule has 3 atom stereocenters. The Morgan fingerprint density at radius 3 is 2.26 bits per heavy atom. The lowest BCUT2D eigenvalue weighted by Crippen LogP contribution is -2.51. The summed E-state index contributed by atoms with van der Waals surface area (Å²) in [6.07, 6.45) is 4.45. The molecular weight excluding hydrogens is 234 g/mol. The quantitative estimate of drug-likeness (QED) is 0.565. The van der Waals surface area contributed by atoms with E-state index in [2.05, 4.69) is 53.0 Å². The molecular formula is C17H31NO. The highest BCUT2D eigenvalue weighted by molar-refractivity contribution is 5.20. The summed E-state index contributed by atoms with van der Waals surface area (Å²) in [7, 11) is 0. The van der Waals surface area contributed by atoms with Crippen LogP contribution in [0, 0.1) is 10.8 Å². The summed E-state index contributed by atoms with van der Waals surface area (Å²) in [6.45, 7) is 19.5. The average Bonchev–Trinajstić information content (AvgIpc) is 2.80. The van der Waals surface area contributed by atoms with E-state index in [-0.39, 0.29) is 5.54 Å². The van der Waals surface area contributed by atoms with Crippen molar-refractivity contribution < 1.29 is 4.74 Å². The maximum absolute atomic E-state index is 5.79. The van der Waals surface area contributed by atoms with Gasteiger partial charge < -0.3 is 4.74 Å². The van der Waals surface area contributed by atoms with E-state index in [1.807, 2.05) is 6.08 Å². The fraction of sp³-hybridized carbons (Fsp3) is 0.882. The number of rotatable bonds is 4. The topological polar surface area (TPSA) is 12.5 Å². The molecule has 1 aliphatic heterocycles. The number of likely N-dealkylation sites (tertiary alicyclic amines) is 1. The van der Waals surface area contributed by atoms with Crippen LogP contribution in [0.3, 0.4) is 0 Å². The van der Waals surface area contributed by atoms with Crippen LogP contribution in [0.2, 0.25) is 0 Å². The molecule has 0 aromatic rings. The zero-order chi connectivity index (χ0) is 14.5. The summed E-state index contributed by atoms with van der Waals surface area (Å²) in [4.78, 5) is 2.77. The van der Waals surface area contributed by atoms with Gasteiger partial charge in [0, 0.05) is 23.0 Å². The Morgan fingerprint density at radius 2 is 1.84 bits per heavy atom. The minimum Gasteiger partial charge on any atom is -0.377 e. The molecule has 2 rings (SSSR count). The molecule has 0 aromatic carbocycles. The summed E-state index contributed by atoms with van der Waals surface area (Å²) >= 11 is 0. The third kappa shape index (κ3) is 2.75. The first-order valence-electron chi connectivity index (χ1n) is 7.59. The number of nitrogens with zero attached hydrogens (tertiary/aromatic N) is 1. The highest BCUT2D eigenvalue weighted by Gasteiger charge is 2.67. The summed E-state index contributed by atoms with van der Waals surface area (Å²) in [6, 6.07) is 1.39. The first-order valence-corrected chi connectivity index (χ1v) is 7.59. The molecule has 1 saturated carbocycles. The van der Waals surface area contributed by atoms with Crippen LogP contribution in [0.4, 0.5) is 0 Å². The van der Waals surface area contributed by atoms with Crippen molar-refractivity contribution in [2.75, 3.05) is 13.2 Å². The van der Waals surface area contributed by atoms with Gasteiger partial charge in [0.1, 0.15) is 0 Å². The van der Waals surface area contributed by atoms with Crippen molar-refractivity contribution >= 4 is 0 Å². The minimum atomic E-state index is 0.249. The first-order chi connectivity index (χ1) is 8.62. The van der Waals surface area contributed by atoms with E-state index in [0.717, 1.165) is 12.6 Å². The summed E-state index contributed by atoms with van der Waals surface area (Å²) in [5.41, 5.74) is 1.01. The average molecular weight is 265 g/mol. The van der Waals surface area contributed by atoms with E-state index in [0.29, 0.717) is 23.5 Å². The lowest BCUT2D eigenvalue weighted by atomic mass is 9.80. The number of hydrogen-bond acceptors (Lipinski definition) is 2. The normalized spacial score (nSPS) is 35.3. The Balaban J connectivity index is 2.13. The Bertz CT molecular complexity index is 349. The smallest absolute Gasteiger partial charge is 0.0645 e. The van der Waals surface area contributed by atoms with E-state index in [1.54, 1.807) is 0 Å². The summed E-state index contributed by atoms with van der Waals surface area (Å²) in [5, 5.41) is 0. The maximum atomic E-state index is 5.79. The van der Waals surface area contributed by atoms with Gasteiger partial charge >= 0.3 is 0 Å². The fourth-order valence-electron chi connectivity index (χ4n) is 3.86. The van der Waals surface area contributed by atoms with Crippen LogP contribution in [-0.2, 0) is 4.74 Å². The van der Waals surface area contributed by atoms with E-state index < -0.39 is 0 Å². The van der Waals surface area contributed by atoms with Gasteiger partial charge in [-0.15, -0.1) is 6.58 Å². The van der Waals surface area contributed by atoms with Gasteiger partial charge in [0.05, 0.1) is 13.2 Å². The fourth-order valence-corrected chi connectivity index (χ4v) is 3.86. The molecule has 0 aromatic heterocycles. The molecule has 0 radical (unpaired) electrons. The molecule has 0 bridgehead atoms. The van der Waals surface area contributed by atoms with Gasteiger partial charge in [-0.3, -0.25) is 4.90 Å². The highest BCUT2D eigenvalue weighted by Crippen LogP contribution is 2.63. The van der Waals surface area contributed by atoms with Gasteiger partial charge in [-0.25, -0.2) is 0 Å². The summed E-state index contributed by atoms with van der Waals surface area (Å²) < 4.78 is 5.79. The van der Waals surface area contributed by atoms with Gasteiger partial charge in [-0.05, 0) is 39.0 Å². The molecule has 2 heteroatoms. The molecule has 2 nitrogen and oxygen atoms in total. The van der Waals surface area contributed by atoms with Crippen LogP contribution < -0.4 is 0 Å². The second kappa shape index (κ2) is 4.60. The zero-order valence-electron chi connectivity index (χ0n) is 13.6. The zero-order valence-corrected chi connectivity index (χ0v) is 13.6. The molecule has 2 aliphatic rings. The monoisotopic (exact) mass is 265 g/mol. The van der Waals surface area contributed by atoms with Crippen LogP contribution in [0.25, 0.3) is 0 Å². The minimum absolute atomic E-state index is 0.249. The molecule has 0 amide bonds. The van der Waals surface area contributed by atoms with Gasteiger partial charge in [0.25, 0.3) is 0 Å². The van der Waals surface area contributed by atoms with Crippen molar-refractivity contribution in [1.82, 2.24) is 4.90 Å². The molecule has 1 heterocycles. The van der Waals surface area contributed by atoms with Gasteiger partial charge in [-0.2, -0.15) is 0 Å². The number of piperidine rings is 1. The highest BCUT2D eigenvalue weighted by atomic mass is 16.5. The maximum Gasteiger partial charge on any atom is 0.0645 e. The molecule has 110 valence electrons. The van der Waals surface area contributed by atoms with Crippen LogP contribution in [0.1, 0.15) is 54.4 Å². The predicted octanol–water partition coefficient (Wildman–Crippen LogP) is 3.87. The third-order valence-electron chi connectivity index (χ3n) is 4.82. The summed E-state index contributed by atoms with van der Waals surface area (Å²) in [5.74, 6) is 0. The van der Waals surface area contributed by atoms with Crippen molar-refractivity contribution in [2.24, 2.45) is 10.8 Å². The first kappa shape index (κ1) is 15.1. The standard InChI is InChI=1S/C17H31NO/c1-8-9-19-12-17-10-13(15(2,3)4)18(14(17)11-17)16(5,6)7/h8,13-14H,1,9-12H2,2-7H3/t13?,14-,17+/m0/s1. The van der Waals surface area contributed by atoms with E-state index >= 15 is 0 Å². The lowest BCUT2D eigenvalue weighted by molar-refractivity contribution is 0.0360. The van der Waals surface area contributed by atoms with E-state index in [1.165, 1.54) is 12.8 Å². The lowest BCUT2D eigenvalue weighted by Gasteiger charge is -2.45. The van der Waals surface area contributed by atoms with Crippen molar-refractivity contribution in [3.8, 4) is 0 Å². The van der Waals surface area contributed by atoms with Crippen LogP contribution in [0.5, 0.6) is 0 Å². The Morgan fingerprint density at radius 1 is 1.21 bits per heavy atom. The van der Waals surface area contributed by atoms with E-state index in [4.69, 9.17) is 4.74 Å². The van der Waals surface area contributed by atoms with Gasteiger partial charge in [0.15, 0.2) is 0 Å². The van der Waals surface area contributed by atoms with Crippen molar-refractivity contribution in [3.63, 3.8) is 0 Å². The predicted molar refractivity (Wildman–Crippen MR) is 81.3 cm³/mol. The molecule has 1 aliphatic carbocycles. The third-order valence-corrected chi connectivity index (χ3v) is 4.82. The Hall–Kier alpha value is -0.340. The molecule has 19 heavy (non-hydrogen) atoms. The SMILES string of the molecule is C=CCOC[C@]12CC(C(C)(C)C)N(C(C)(C)C)[C@H]1C2. The van der Waals surface area contributed by atoms with Crippen molar-refractivity contribution in [2.45, 2.75) is 72.0 Å². The Kier molecular flexibility index (Phi) is 3.64. The van der Waals surface area contributed by atoms with E-state index in [9.17, 15) is 0 Å². The van der Waals surface area contributed by atoms with Crippen molar-refractivity contribution in [3.05, 3.63) is 12.7 Å². The largest absolute Gasteiger partial charge is 0.377 e. The molecule has 1 saturated heterocycles. The van der Waals surface area contributed by atoms with Crippen molar-refractivity contribution in [1.29, 1.82) is 0 Å². The number of fused-ring (bicyclic) bond motifs is 1. The Labute approximate surface area is 119 Å². The molecule has 0 N–H and O–H groups in total. The van der Waals surface area contributed by atoms with Crippen LogP contribution in [-0.4, -0.2) is 35.7 Å². The van der Waals surface area contributed by atoms with Crippen LogP contribution in [0.15, 0.2) is 12.7 Å². The van der Waals surface area contributed by atoms with Crippen LogP contribution >= 0.6 is 0 Å². The second-order valence-corrected chi connectivity index (χ2v) is 8.55. The molecule has 2 fully saturated rings. The molecule has 0 spiro atoms.